The zero-order valence-electron chi connectivity index (χ0n) is 16.2. The van der Waals surface area contributed by atoms with Crippen LogP contribution in [-0.4, -0.2) is 42.2 Å². The van der Waals surface area contributed by atoms with E-state index >= 15 is 0 Å². The van der Waals surface area contributed by atoms with E-state index in [1.165, 1.54) is 35.9 Å². The molecular weight excluding hydrogens is 424 g/mol. The first kappa shape index (κ1) is 20.4. The minimum Gasteiger partial charge on any atom is -0.301 e. The van der Waals surface area contributed by atoms with Crippen LogP contribution in [0.25, 0.3) is 0 Å². The number of amides is 2. The molecule has 3 aromatic heterocycles. The number of carbonyl (C=O) groups is 2. The van der Waals surface area contributed by atoms with Crippen LogP contribution in [0.4, 0.5) is 10.3 Å². The largest absolute Gasteiger partial charge is 0.301 e. The topological polar surface area (TPSA) is 136 Å². The van der Waals surface area contributed by atoms with E-state index in [4.69, 9.17) is 0 Å². The van der Waals surface area contributed by atoms with Gasteiger partial charge in [-0.3, -0.25) is 9.59 Å². The lowest BCUT2D eigenvalue weighted by Crippen LogP contribution is -2.15. The van der Waals surface area contributed by atoms with Gasteiger partial charge in [0.2, 0.25) is 22.1 Å². The summed E-state index contributed by atoms with van der Waals surface area (Å²) in [5.74, 6) is 0.511. The number of nitrogens with one attached hydrogen (secondary N) is 2. The Morgan fingerprint density at radius 2 is 1.93 bits per heavy atom. The summed E-state index contributed by atoms with van der Waals surface area (Å²) < 4.78 is 0. The van der Waals surface area contributed by atoms with Gasteiger partial charge in [0.15, 0.2) is 0 Å². The fourth-order valence-corrected chi connectivity index (χ4v) is 5.28. The molecule has 0 aliphatic heterocycles. The van der Waals surface area contributed by atoms with E-state index in [9.17, 15) is 9.59 Å². The third-order valence-electron chi connectivity index (χ3n) is 4.78. The highest BCUT2D eigenvalue weighted by Crippen LogP contribution is 2.41. The molecule has 0 radical (unpaired) electrons. The molecule has 4 rings (SSSR count). The van der Waals surface area contributed by atoms with E-state index in [1.807, 2.05) is 0 Å². The molecule has 10 nitrogen and oxygen atoms in total. The Hall–Kier alpha value is -2.86. The zero-order valence-corrected chi connectivity index (χ0v) is 17.9. The summed E-state index contributed by atoms with van der Waals surface area (Å²) in [5, 5.41) is 25.0. The van der Waals surface area contributed by atoms with Crippen molar-refractivity contribution >= 4 is 44.8 Å². The molecule has 2 atom stereocenters. The summed E-state index contributed by atoms with van der Waals surface area (Å²) in [7, 11) is 0. The quantitative estimate of drug-likeness (QED) is 0.567. The van der Waals surface area contributed by atoms with Crippen LogP contribution >= 0.6 is 22.7 Å². The van der Waals surface area contributed by atoms with Crippen LogP contribution in [0.3, 0.4) is 0 Å². The van der Waals surface area contributed by atoms with E-state index in [-0.39, 0.29) is 18.2 Å². The Bertz CT molecular complexity index is 1020. The predicted molar refractivity (Wildman–Crippen MR) is 112 cm³/mol. The zero-order chi connectivity index (χ0) is 20.9. The second-order valence-corrected chi connectivity index (χ2v) is 9.20. The van der Waals surface area contributed by atoms with Crippen molar-refractivity contribution in [2.45, 2.75) is 44.9 Å². The van der Waals surface area contributed by atoms with Gasteiger partial charge in [-0.25, -0.2) is 9.97 Å². The molecule has 30 heavy (non-hydrogen) atoms. The summed E-state index contributed by atoms with van der Waals surface area (Å²) in [5.41, 5.74) is 0.657. The molecule has 1 fully saturated rings. The van der Waals surface area contributed by atoms with Crippen LogP contribution in [0.2, 0.25) is 0 Å². The minimum atomic E-state index is -0.174. The van der Waals surface area contributed by atoms with Crippen molar-refractivity contribution in [2.75, 3.05) is 10.6 Å². The molecule has 3 heterocycles. The minimum absolute atomic E-state index is 0.144. The molecule has 1 unspecified atom stereocenters. The molecule has 1 aliphatic rings. The van der Waals surface area contributed by atoms with Crippen molar-refractivity contribution in [3.8, 4) is 0 Å². The van der Waals surface area contributed by atoms with Crippen LogP contribution < -0.4 is 10.6 Å². The summed E-state index contributed by atoms with van der Waals surface area (Å²) in [6, 6.07) is 1.71. The van der Waals surface area contributed by atoms with Gasteiger partial charge in [-0.1, -0.05) is 22.7 Å². The lowest BCUT2D eigenvalue weighted by atomic mass is 10.0. The second kappa shape index (κ2) is 9.30. The summed E-state index contributed by atoms with van der Waals surface area (Å²) >= 11 is 2.85. The molecule has 1 aliphatic carbocycles. The highest BCUT2D eigenvalue weighted by Gasteiger charge is 2.29. The normalized spacial score (nSPS) is 18.3. The van der Waals surface area contributed by atoms with E-state index in [0.29, 0.717) is 27.8 Å². The van der Waals surface area contributed by atoms with Crippen molar-refractivity contribution in [1.82, 2.24) is 30.4 Å². The molecule has 0 saturated heterocycles. The standard InChI is InChI=1S/C18H20N8O2S2/c1-10(27)21-17-25-23-15(29-17)7-11-2-3-12(6-11)16-24-26-18(30-16)22-14(28)8-13-4-5-19-9-20-13/h4-5,9,11-12H,2-3,6-8H2,1H3,(H,21,25,27)(H,22,26,28)/t11?,12-/m1/s1. The van der Waals surface area contributed by atoms with Crippen molar-refractivity contribution in [1.29, 1.82) is 0 Å². The maximum absolute atomic E-state index is 12.2. The average molecular weight is 445 g/mol. The molecule has 0 spiro atoms. The van der Waals surface area contributed by atoms with E-state index < -0.39 is 0 Å². The van der Waals surface area contributed by atoms with Gasteiger partial charge in [0, 0.05) is 25.5 Å². The fraction of sp³-hybridized carbons (Fsp3) is 0.444. The van der Waals surface area contributed by atoms with Crippen LogP contribution in [0.1, 0.15) is 47.8 Å². The van der Waals surface area contributed by atoms with Gasteiger partial charge in [-0.2, -0.15) is 0 Å². The number of nitrogens with zero attached hydrogens (tertiary/aromatic N) is 6. The lowest BCUT2D eigenvalue weighted by molar-refractivity contribution is -0.116. The smallest absolute Gasteiger partial charge is 0.232 e. The van der Waals surface area contributed by atoms with Crippen LogP contribution in [0, 0.1) is 5.92 Å². The number of hydrogen-bond acceptors (Lipinski definition) is 10. The predicted octanol–water partition coefficient (Wildman–Crippen LogP) is 2.45. The Balaban J connectivity index is 1.28. The summed E-state index contributed by atoms with van der Waals surface area (Å²) in [4.78, 5) is 31.2. The molecule has 12 heteroatoms. The third kappa shape index (κ3) is 5.39. The van der Waals surface area contributed by atoms with E-state index in [0.717, 1.165) is 35.7 Å². The molecule has 0 aromatic carbocycles. The van der Waals surface area contributed by atoms with E-state index in [2.05, 4.69) is 41.0 Å². The van der Waals surface area contributed by atoms with Gasteiger partial charge < -0.3 is 10.6 Å². The Morgan fingerprint density at radius 3 is 2.73 bits per heavy atom. The van der Waals surface area contributed by atoms with Crippen molar-refractivity contribution in [3.63, 3.8) is 0 Å². The Morgan fingerprint density at radius 1 is 1.10 bits per heavy atom. The highest BCUT2D eigenvalue weighted by molar-refractivity contribution is 7.15. The SMILES string of the molecule is CC(=O)Nc1nnc(CC2CC[C@@H](c3nnc(NC(=O)Cc4ccncn4)s3)C2)s1. The highest BCUT2D eigenvalue weighted by atomic mass is 32.1. The first-order valence-electron chi connectivity index (χ1n) is 9.53. The van der Waals surface area contributed by atoms with Gasteiger partial charge in [0.1, 0.15) is 16.3 Å². The number of rotatable bonds is 7. The van der Waals surface area contributed by atoms with Gasteiger partial charge in [-0.15, -0.1) is 20.4 Å². The van der Waals surface area contributed by atoms with Crippen LogP contribution in [0.5, 0.6) is 0 Å². The molecule has 156 valence electrons. The molecule has 2 amide bonds. The monoisotopic (exact) mass is 444 g/mol. The maximum atomic E-state index is 12.2. The summed E-state index contributed by atoms with van der Waals surface area (Å²) in [6.07, 6.45) is 7.15. The van der Waals surface area contributed by atoms with Crippen LogP contribution in [-0.2, 0) is 22.4 Å². The Labute approximate surface area is 180 Å². The molecular formula is C18H20N8O2S2. The van der Waals surface area contributed by atoms with Gasteiger partial charge in [0.25, 0.3) is 0 Å². The second-order valence-electron chi connectivity index (χ2n) is 7.13. The van der Waals surface area contributed by atoms with Crippen molar-refractivity contribution < 1.29 is 9.59 Å². The van der Waals surface area contributed by atoms with Crippen LogP contribution in [0.15, 0.2) is 18.6 Å². The molecule has 1 saturated carbocycles. The number of carbonyl (C=O) groups excluding carboxylic acids is 2. The number of aromatic nitrogens is 6. The molecule has 3 aromatic rings. The average Bonchev–Trinajstić information content (AvgIpc) is 3.44. The lowest BCUT2D eigenvalue weighted by Gasteiger charge is -2.06. The first-order chi connectivity index (χ1) is 14.5. The van der Waals surface area contributed by atoms with Gasteiger partial charge >= 0.3 is 0 Å². The van der Waals surface area contributed by atoms with E-state index in [1.54, 1.807) is 12.3 Å². The molecule has 2 N–H and O–H groups in total. The summed E-state index contributed by atoms with van der Waals surface area (Å²) in [6.45, 7) is 1.46. The maximum Gasteiger partial charge on any atom is 0.232 e. The molecule has 0 bridgehead atoms. The van der Waals surface area contributed by atoms with Crippen molar-refractivity contribution in [3.05, 3.63) is 34.3 Å². The Kier molecular flexibility index (Phi) is 6.33. The van der Waals surface area contributed by atoms with Gasteiger partial charge in [-0.05, 0) is 31.2 Å². The van der Waals surface area contributed by atoms with Crippen molar-refractivity contribution in [2.24, 2.45) is 5.92 Å². The van der Waals surface area contributed by atoms with Gasteiger partial charge in [0.05, 0.1) is 12.1 Å². The number of anilines is 2. The third-order valence-corrected chi connectivity index (χ3v) is 6.64. The fourth-order valence-electron chi connectivity index (χ4n) is 3.47. The number of hydrogen-bond donors (Lipinski definition) is 2. The first-order valence-corrected chi connectivity index (χ1v) is 11.2.